The quantitative estimate of drug-likeness (QED) is 0.744. The number of hydrogen-bond acceptors (Lipinski definition) is 1. The molecule has 1 nitrogen and oxygen atoms in total. The van der Waals surface area contributed by atoms with Gasteiger partial charge in [-0.2, -0.15) is 0 Å². The zero-order valence-electron chi connectivity index (χ0n) is 11.0. The van der Waals surface area contributed by atoms with Crippen LogP contribution in [0.15, 0.2) is 54.6 Å². The van der Waals surface area contributed by atoms with E-state index in [1.165, 1.54) is 0 Å². The van der Waals surface area contributed by atoms with Gasteiger partial charge in [-0.1, -0.05) is 68.4 Å². The van der Waals surface area contributed by atoms with Crippen LogP contribution in [0.25, 0.3) is 11.1 Å². The molecule has 2 heteroatoms. The van der Waals surface area contributed by atoms with Crippen molar-refractivity contribution in [3.8, 4) is 11.1 Å². The van der Waals surface area contributed by atoms with Crippen LogP contribution in [0.3, 0.4) is 0 Å². The Kier molecular flexibility index (Phi) is 4.04. The molecule has 0 aliphatic rings. The minimum atomic E-state index is -2.24. The van der Waals surface area contributed by atoms with E-state index < -0.39 is 7.14 Å². The lowest BCUT2D eigenvalue weighted by atomic mass is 10.1. The first-order valence-electron chi connectivity index (χ1n) is 6.44. The van der Waals surface area contributed by atoms with Gasteiger partial charge in [0.2, 0.25) is 0 Å². The van der Waals surface area contributed by atoms with Crippen LogP contribution >= 0.6 is 7.14 Å². The SMILES string of the molecule is CCP(=O)(CC)c1ccccc1-c1ccccc1. The van der Waals surface area contributed by atoms with Gasteiger partial charge in [0.1, 0.15) is 7.14 Å². The first-order chi connectivity index (χ1) is 8.71. The molecule has 18 heavy (non-hydrogen) atoms. The van der Waals surface area contributed by atoms with E-state index in [0.29, 0.717) is 0 Å². The van der Waals surface area contributed by atoms with E-state index in [1.54, 1.807) is 0 Å². The highest BCUT2D eigenvalue weighted by Crippen LogP contribution is 2.45. The predicted octanol–water partition coefficient (Wildman–Crippen LogP) is 4.38. The van der Waals surface area contributed by atoms with Gasteiger partial charge in [0.05, 0.1) is 0 Å². The van der Waals surface area contributed by atoms with Gasteiger partial charge in [-0.05, 0) is 11.1 Å². The van der Waals surface area contributed by atoms with E-state index in [4.69, 9.17) is 0 Å². The van der Waals surface area contributed by atoms with Gasteiger partial charge in [-0.3, -0.25) is 0 Å². The van der Waals surface area contributed by atoms with Gasteiger partial charge >= 0.3 is 0 Å². The van der Waals surface area contributed by atoms with E-state index in [0.717, 1.165) is 28.8 Å². The van der Waals surface area contributed by atoms with Gasteiger partial charge in [0, 0.05) is 17.6 Å². The number of hydrogen-bond donors (Lipinski definition) is 0. The van der Waals surface area contributed by atoms with E-state index in [2.05, 4.69) is 18.2 Å². The summed E-state index contributed by atoms with van der Waals surface area (Å²) in [4.78, 5) is 0. The second-order valence-electron chi connectivity index (χ2n) is 4.40. The molecule has 0 amide bonds. The van der Waals surface area contributed by atoms with E-state index >= 15 is 0 Å². The third-order valence-electron chi connectivity index (χ3n) is 3.45. The first kappa shape index (κ1) is 13.1. The molecule has 0 heterocycles. The normalized spacial score (nSPS) is 11.4. The van der Waals surface area contributed by atoms with Gasteiger partial charge in [0.25, 0.3) is 0 Å². The summed E-state index contributed by atoms with van der Waals surface area (Å²) in [5, 5.41) is 1.03. The average Bonchev–Trinajstić information content (AvgIpc) is 2.47. The van der Waals surface area contributed by atoms with Crippen LogP contribution in [-0.2, 0) is 4.57 Å². The Morgan fingerprint density at radius 1 is 0.833 bits per heavy atom. The largest absolute Gasteiger partial charge is 0.319 e. The summed E-state index contributed by atoms with van der Waals surface area (Å²) in [5.74, 6) is 0. The van der Waals surface area contributed by atoms with Crippen molar-refractivity contribution in [3.63, 3.8) is 0 Å². The Balaban J connectivity index is 2.61. The molecule has 0 aliphatic heterocycles. The van der Waals surface area contributed by atoms with Crippen molar-refractivity contribution < 1.29 is 4.57 Å². The minimum absolute atomic E-state index is 0.730. The zero-order chi connectivity index (χ0) is 13.0. The standard InChI is InChI=1S/C16H19OP/c1-3-18(17,4-2)16-13-9-8-12-15(16)14-10-6-5-7-11-14/h5-13H,3-4H2,1-2H3. The molecule has 0 saturated carbocycles. The van der Waals surface area contributed by atoms with E-state index in [1.807, 2.05) is 50.2 Å². The van der Waals surface area contributed by atoms with E-state index in [9.17, 15) is 4.57 Å². The molecule has 0 bridgehead atoms. The van der Waals surface area contributed by atoms with Gasteiger partial charge in [0.15, 0.2) is 0 Å². The van der Waals surface area contributed by atoms with Crippen molar-refractivity contribution in [2.24, 2.45) is 0 Å². The molecule has 0 aliphatic carbocycles. The summed E-state index contributed by atoms with van der Waals surface area (Å²) in [6, 6.07) is 18.3. The summed E-state index contributed by atoms with van der Waals surface area (Å²) < 4.78 is 12.9. The molecule has 0 radical (unpaired) electrons. The smallest absolute Gasteiger partial charge is 0.115 e. The molecule has 0 aromatic heterocycles. The maximum Gasteiger partial charge on any atom is 0.115 e. The molecule has 0 unspecified atom stereocenters. The van der Waals surface area contributed by atoms with Crippen molar-refractivity contribution in [2.75, 3.05) is 12.3 Å². The van der Waals surface area contributed by atoms with Crippen molar-refractivity contribution >= 4 is 12.4 Å². The first-order valence-corrected chi connectivity index (χ1v) is 8.52. The Labute approximate surface area is 109 Å². The second-order valence-corrected chi connectivity index (χ2v) is 7.93. The van der Waals surface area contributed by atoms with Crippen LogP contribution in [0.4, 0.5) is 0 Å². The summed E-state index contributed by atoms with van der Waals surface area (Å²) in [5.41, 5.74) is 2.26. The van der Waals surface area contributed by atoms with Crippen LogP contribution in [-0.4, -0.2) is 12.3 Å². The molecule has 0 spiro atoms. The highest BCUT2D eigenvalue weighted by molar-refractivity contribution is 7.71. The maximum absolute atomic E-state index is 12.9. The average molecular weight is 258 g/mol. The van der Waals surface area contributed by atoms with Crippen molar-refractivity contribution in [3.05, 3.63) is 54.6 Å². The van der Waals surface area contributed by atoms with E-state index in [-0.39, 0.29) is 0 Å². The fourth-order valence-corrected chi connectivity index (χ4v) is 4.38. The van der Waals surface area contributed by atoms with Crippen molar-refractivity contribution in [1.82, 2.24) is 0 Å². The topological polar surface area (TPSA) is 17.1 Å². The third-order valence-corrected chi connectivity index (χ3v) is 6.76. The second kappa shape index (κ2) is 5.54. The monoisotopic (exact) mass is 258 g/mol. The van der Waals surface area contributed by atoms with Crippen LogP contribution < -0.4 is 5.30 Å². The van der Waals surface area contributed by atoms with Gasteiger partial charge in [-0.25, -0.2) is 0 Å². The highest BCUT2D eigenvalue weighted by atomic mass is 31.2. The Morgan fingerprint density at radius 3 is 2.00 bits per heavy atom. The molecule has 0 atom stereocenters. The van der Waals surface area contributed by atoms with Crippen LogP contribution in [0.1, 0.15) is 13.8 Å². The Morgan fingerprint density at radius 2 is 1.39 bits per heavy atom. The number of benzene rings is 2. The highest BCUT2D eigenvalue weighted by Gasteiger charge is 2.23. The predicted molar refractivity (Wildman–Crippen MR) is 80.2 cm³/mol. The van der Waals surface area contributed by atoms with Gasteiger partial charge < -0.3 is 4.57 Å². The molecular weight excluding hydrogens is 239 g/mol. The fraction of sp³-hybridized carbons (Fsp3) is 0.250. The van der Waals surface area contributed by atoms with Crippen molar-refractivity contribution in [1.29, 1.82) is 0 Å². The molecule has 0 fully saturated rings. The third kappa shape index (κ3) is 2.42. The zero-order valence-corrected chi connectivity index (χ0v) is 11.9. The summed E-state index contributed by atoms with van der Waals surface area (Å²) in [7, 11) is -2.24. The molecule has 0 N–H and O–H groups in total. The Bertz CT molecular complexity index is 552. The molecule has 2 aromatic rings. The van der Waals surface area contributed by atoms with Gasteiger partial charge in [-0.15, -0.1) is 0 Å². The Hall–Kier alpha value is -1.33. The molecule has 0 saturated heterocycles. The lowest BCUT2D eigenvalue weighted by molar-refractivity contribution is 0.582. The van der Waals surface area contributed by atoms with Crippen LogP contribution in [0, 0.1) is 0 Å². The fourth-order valence-electron chi connectivity index (χ4n) is 2.26. The summed E-state index contributed by atoms with van der Waals surface area (Å²) in [6.07, 6.45) is 1.46. The minimum Gasteiger partial charge on any atom is -0.319 e. The molecular formula is C16H19OP. The summed E-state index contributed by atoms with van der Waals surface area (Å²) in [6.45, 7) is 4.04. The van der Waals surface area contributed by atoms with Crippen LogP contribution in [0.5, 0.6) is 0 Å². The molecule has 2 rings (SSSR count). The lowest BCUT2D eigenvalue weighted by Crippen LogP contribution is -2.11. The summed E-state index contributed by atoms with van der Waals surface area (Å²) >= 11 is 0. The molecule has 2 aromatic carbocycles. The van der Waals surface area contributed by atoms with Crippen LogP contribution in [0.2, 0.25) is 0 Å². The number of rotatable bonds is 4. The lowest BCUT2D eigenvalue weighted by Gasteiger charge is -2.18. The maximum atomic E-state index is 12.9. The molecule has 94 valence electrons. The van der Waals surface area contributed by atoms with Crippen molar-refractivity contribution in [2.45, 2.75) is 13.8 Å².